The lowest BCUT2D eigenvalue weighted by molar-refractivity contribution is -0.137. The Morgan fingerprint density at radius 2 is 2.00 bits per heavy atom. The minimum absolute atomic E-state index is 0.0178. The van der Waals surface area contributed by atoms with Crippen molar-refractivity contribution < 1.29 is 14.6 Å². The normalized spacial score (nSPS) is 24.6. The van der Waals surface area contributed by atoms with Gasteiger partial charge in [0.1, 0.15) is 5.75 Å². The van der Waals surface area contributed by atoms with Gasteiger partial charge in [-0.3, -0.25) is 4.79 Å². The molecule has 132 valence electrons. The molecule has 1 aliphatic carbocycles. The summed E-state index contributed by atoms with van der Waals surface area (Å²) in [7, 11) is 1.67. The summed E-state index contributed by atoms with van der Waals surface area (Å²) in [6, 6.07) is 2.06. The topological polar surface area (TPSA) is 49.8 Å². The number of carbonyl (C=O) groups excluding carboxylic acids is 1. The van der Waals surface area contributed by atoms with Crippen molar-refractivity contribution >= 4 is 5.91 Å². The molecule has 0 saturated carbocycles. The molecule has 3 atom stereocenters. The van der Waals surface area contributed by atoms with E-state index in [0.717, 1.165) is 55.6 Å². The molecule has 1 fully saturated rings. The minimum atomic E-state index is -0.593. The average Bonchev–Trinajstić information content (AvgIpc) is 3.11. The Balaban J connectivity index is 1.90. The number of aliphatic hydroxyl groups is 1. The number of hydrogen-bond acceptors (Lipinski definition) is 3. The summed E-state index contributed by atoms with van der Waals surface area (Å²) in [6.07, 6.45) is 3.39. The number of amides is 1. The van der Waals surface area contributed by atoms with Gasteiger partial charge in [-0.25, -0.2) is 0 Å². The third-order valence-electron chi connectivity index (χ3n) is 6.02. The quantitative estimate of drug-likeness (QED) is 0.925. The van der Waals surface area contributed by atoms with Crippen LogP contribution in [0.3, 0.4) is 0 Å². The summed E-state index contributed by atoms with van der Waals surface area (Å²) in [5.41, 5.74) is 4.40. The van der Waals surface area contributed by atoms with Crippen molar-refractivity contribution in [2.24, 2.45) is 11.8 Å². The van der Waals surface area contributed by atoms with E-state index >= 15 is 0 Å². The summed E-state index contributed by atoms with van der Waals surface area (Å²) in [5.74, 6) is 0.870. The molecule has 1 amide bonds. The van der Waals surface area contributed by atoms with Crippen LogP contribution in [-0.2, 0) is 11.2 Å². The molecule has 0 spiro atoms. The zero-order valence-electron chi connectivity index (χ0n) is 15.3. The van der Waals surface area contributed by atoms with E-state index in [-0.39, 0.29) is 17.7 Å². The second kappa shape index (κ2) is 6.75. The lowest BCUT2D eigenvalue weighted by atomic mass is 9.72. The summed E-state index contributed by atoms with van der Waals surface area (Å²) >= 11 is 0. The number of carbonyl (C=O) groups is 1. The maximum Gasteiger partial charge on any atom is 0.225 e. The molecule has 4 heteroatoms. The van der Waals surface area contributed by atoms with Crippen LogP contribution >= 0.6 is 0 Å². The predicted octanol–water partition coefficient (Wildman–Crippen LogP) is 3.17. The second-order valence-corrected chi connectivity index (χ2v) is 7.38. The number of hydrogen-bond donors (Lipinski definition) is 1. The van der Waals surface area contributed by atoms with Gasteiger partial charge in [0.25, 0.3) is 0 Å². The molecular formula is C20H29NO3. The number of rotatable bonds is 3. The standard InChI is InChI=1S/C20H29NO3/c1-12-11-17(24-4)14(3)18-15(12)7-8-16(19(18)22)13(2)20(23)21-9-5-6-10-21/h11,13,16,19,22H,5-10H2,1-4H3/t13-,16-,19+/m0/s1. The van der Waals surface area contributed by atoms with Gasteiger partial charge in [0.05, 0.1) is 13.2 Å². The number of aliphatic hydroxyl groups excluding tert-OH is 1. The van der Waals surface area contributed by atoms with Crippen LogP contribution in [0.1, 0.15) is 54.5 Å². The SMILES string of the molecule is COc1cc(C)c2c(c1C)[C@H](O)[C@H]([C@H](C)C(=O)N1CCCC1)CC2. The maximum atomic E-state index is 12.8. The van der Waals surface area contributed by atoms with Crippen molar-refractivity contribution in [2.75, 3.05) is 20.2 Å². The first kappa shape index (κ1) is 17.3. The van der Waals surface area contributed by atoms with Crippen molar-refractivity contribution in [3.05, 3.63) is 28.3 Å². The van der Waals surface area contributed by atoms with Crippen molar-refractivity contribution in [2.45, 2.75) is 52.6 Å². The Hall–Kier alpha value is -1.55. The largest absolute Gasteiger partial charge is 0.496 e. The van der Waals surface area contributed by atoms with Crippen molar-refractivity contribution in [3.8, 4) is 5.75 Å². The number of likely N-dealkylation sites (tertiary alicyclic amines) is 1. The Morgan fingerprint density at radius 3 is 2.62 bits per heavy atom. The zero-order valence-corrected chi connectivity index (χ0v) is 15.3. The molecule has 0 bridgehead atoms. The Labute approximate surface area is 144 Å². The fourth-order valence-corrected chi connectivity index (χ4v) is 4.52. The average molecular weight is 331 g/mol. The summed E-state index contributed by atoms with van der Waals surface area (Å²) in [5, 5.41) is 11.1. The fraction of sp³-hybridized carbons (Fsp3) is 0.650. The zero-order chi connectivity index (χ0) is 17.4. The van der Waals surface area contributed by atoms with Crippen LogP contribution in [0.2, 0.25) is 0 Å². The Kier molecular flexibility index (Phi) is 4.86. The van der Waals surface area contributed by atoms with E-state index in [1.807, 2.05) is 18.7 Å². The van der Waals surface area contributed by atoms with E-state index in [9.17, 15) is 9.90 Å². The van der Waals surface area contributed by atoms with E-state index in [1.54, 1.807) is 7.11 Å². The monoisotopic (exact) mass is 331 g/mol. The van der Waals surface area contributed by atoms with E-state index in [1.165, 1.54) is 11.1 Å². The lowest BCUT2D eigenvalue weighted by Crippen LogP contribution is -2.39. The maximum absolute atomic E-state index is 12.8. The number of nitrogens with zero attached hydrogens (tertiary/aromatic N) is 1. The molecule has 1 aromatic carbocycles. The van der Waals surface area contributed by atoms with Gasteiger partial charge in [0, 0.05) is 24.9 Å². The molecule has 0 radical (unpaired) electrons. The van der Waals surface area contributed by atoms with Crippen LogP contribution in [-0.4, -0.2) is 36.1 Å². The third-order valence-corrected chi connectivity index (χ3v) is 6.02. The van der Waals surface area contributed by atoms with Crippen molar-refractivity contribution in [3.63, 3.8) is 0 Å². The third kappa shape index (κ3) is 2.81. The highest BCUT2D eigenvalue weighted by molar-refractivity contribution is 5.79. The predicted molar refractivity (Wildman–Crippen MR) is 94.2 cm³/mol. The second-order valence-electron chi connectivity index (χ2n) is 7.38. The first-order valence-corrected chi connectivity index (χ1v) is 9.09. The Morgan fingerprint density at radius 1 is 1.33 bits per heavy atom. The van der Waals surface area contributed by atoms with E-state index in [2.05, 4.69) is 13.0 Å². The number of ether oxygens (including phenoxy) is 1. The van der Waals surface area contributed by atoms with Crippen LogP contribution < -0.4 is 4.74 Å². The number of benzene rings is 1. The van der Waals surface area contributed by atoms with Gasteiger partial charge < -0.3 is 14.7 Å². The lowest BCUT2D eigenvalue weighted by Gasteiger charge is -2.37. The molecule has 1 aromatic rings. The minimum Gasteiger partial charge on any atom is -0.496 e. The van der Waals surface area contributed by atoms with Crippen molar-refractivity contribution in [1.82, 2.24) is 4.90 Å². The van der Waals surface area contributed by atoms with Crippen LogP contribution in [0.5, 0.6) is 5.75 Å². The number of methoxy groups -OCH3 is 1. The van der Waals surface area contributed by atoms with Crippen LogP contribution in [0.25, 0.3) is 0 Å². The smallest absolute Gasteiger partial charge is 0.225 e. The fourth-order valence-electron chi connectivity index (χ4n) is 4.52. The molecule has 1 aliphatic heterocycles. The first-order chi connectivity index (χ1) is 11.5. The van der Waals surface area contributed by atoms with Gasteiger partial charge in [0.15, 0.2) is 0 Å². The van der Waals surface area contributed by atoms with E-state index in [0.29, 0.717) is 0 Å². The van der Waals surface area contributed by atoms with Gasteiger partial charge in [-0.2, -0.15) is 0 Å². The highest BCUT2D eigenvalue weighted by Crippen LogP contribution is 2.44. The Bertz CT molecular complexity index is 634. The highest BCUT2D eigenvalue weighted by atomic mass is 16.5. The molecule has 2 aliphatic rings. The molecule has 3 rings (SSSR count). The van der Waals surface area contributed by atoms with Gasteiger partial charge in [0.2, 0.25) is 5.91 Å². The summed E-state index contributed by atoms with van der Waals surface area (Å²) in [4.78, 5) is 14.7. The first-order valence-electron chi connectivity index (χ1n) is 9.09. The molecule has 4 nitrogen and oxygen atoms in total. The molecule has 0 unspecified atom stereocenters. The summed E-state index contributed by atoms with van der Waals surface area (Å²) in [6.45, 7) is 7.81. The molecular weight excluding hydrogens is 302 g/mol. The van der Waals surface area contributed by atoms with Gasteiger partial charge >= 0.3 is 0 Å². The van der Waals surface area contributed by atoms with E-state index < -0.39 is 6.10 Å². The molecule has 1 saturated heterocycles. The van der Waals surface area contributed by atoms with Gasteiger partial charge in [-0.05, 0) is 67.9 Å². The van der Waals surface area contributed by atoms with Crippen LogP contribution in [0, 0.1) is 25.7 Å². The van der Waals surface area contributed by atoms with Crippen LogP contribution in [0.15, 0.2) is 6.07 Å². The molecule has 1 heterocycles. The van der Waals surface area contributed by atoms with Crippen molar-refractivity contribution in [1.29, 1.82) is 0 Å². The highest BCUT2D eigenvalue weighted by Gasteiger charge is 2.38. The van der Waals surface area contributed by atoms with Gasteiger partial charge in [-0.1, -0.05) is 6.92 Å². The van der Waals surface area contributed by atoms with E-state index in [4.69, 9.17) is 4.74 Å². The summed E-state index contributed by atoms with van der Waals surface area (Å²) < 4.78 is 5.48. The van der Waals surface area contributed by atoms with Crippen LogP contribution in [0.4, 0.5) is 0 Å². The number of fused-ring (bicyclic) bond motifs is 1. The number of aryl methyl sites for hydroxylation is 1. The molecule has 0 aromatic heterocycles. The van der Waals surface area contributed by atoms with Gasteiger partial charge in [-0.15, -0.1) is 0 Å². The molecule has 24 heavy (non-hydrogen) atoms. The molecule has 1 N–H and O–H groups in total.